The monoisotopic (exact) mass is 465 g/mol. The number of nitrogens with zero attached hydrogens (tertiary/aromatic N) is 1. The van der Waals surface area contributed by atoms with E-state index in [1.807, 2.05) is 53.9 Å². The van der Waals surface area contributed by atoms with E-state index in [1.54, 1.807) is 0 Å². The largest absolute Gasteiger partial charge is 0.487 e. The van der Waals surface area contributed by atoms with E-state index in [4.69, 9.17) is 9.72 Å². The van der Waals surface area contributed by atoms with Gasteiger partial charge < -0.3 is 4.74 Å². The first kappa shape index (κ1) is 21.6. The minimum atomic E-state index is 0.206. The number of fused-ring (bicyclic) bond motifs is 1. The summed E-state index contributed by atoms with van der Waals surface area (Å²) in [6, 6.07) is 41.8. The lowest BCUT2D eigenvalue weighted by atomic mass is 10.2. The predicted octanol–water partition coefficient (Wildman–Crippen LogP) is 8.40. The molecule has 0 amide bonds. The average molecular weight is 466 g/mol. The molecule has 0 N–H and O–H groups in total. The lowest BCUT2D eigenvalue weighted by Gasteiger charge is -2.18. The molecule has 0 spiro atoms. The number of pyridine rings is 1. The van der Waals surface area contributed by atoms with Gasteiger partial charge >= 0.3 is 0 Å². The van der Waals surface area contributed by atoms with Gasteiger partial charge in [-0.05, 0) is 54.1 Å². The van der Waals surface area contributed by atoms with Crippen LogP contribution >= 0.6 is 23.5 Å². The summed E-state index contributed by atoms with van der Waals surface area (Å²) in [6.45, 7) is 0.441. The molecule has 5 aromatic rings. The van der Waals surface area contributed by atoms with Gasteiger partial charge in [-0.2, -0.15) is 0 Å². The molecule has 2 nitrogen and oxygen atoms in total. The highest BCUT2D eigenvalue weighted by molar-refractivity contribution is 8.16. The Kier molecular flexibility index (Phi) is 6.95. The Morgan fingerprint density at radius 2 is 1.30 bits per heavy atom. The van der Waals surface area contributed by atoms with Crippen LogP contribution in [0.5, 0.6) is 5.75 Å². The van der Waals surface area contributed by atoms with Crippen LogP contribution in [-0.4, -0.2) is 4.98 Å². The fourth-order valence-corrected chi connectivity index (χ4v) is 6.05. The molecule has 0 aliphatic rings. The molecule has 4 aromatic carbocycles. The normalized spacial score (nSPS) is 11.1. The van der Waals surface area contributed by atoms with Crippen molar-refractivity contribution in [3.63, 3.8) is 0 Å². The first-order valence-corrected chi connectivity index (χ1v) is 12.6. The highest BCUT2D eigenvalue weighted by atomic mass is 32.2. The maximum absolute atomic E-state index is 6.15. The highest BCUT2D eigenvalue weighted by Crippen LogP contribution is 2.47. The fourth-order valence-electron chi connectivity index (χ4n) is 3.50. The number of aromatic nitrogens is 1. The van der Waals surface area contributed by atoms with Gasteiger partial charge in [0.25, 0.3) is 0 Å². The lowest BCUT2D eigenvalue weighted by Crippen LogP contribution is -1.99. The number of para-hydroxylation sites is 1. The number of ether oxygens (including phenoxy) is 1. The van der Waals surface area contributed by atoms with E-state index in [0.29, 0.717) is 6.61 Å². The van der Waals surface area contributed by atoms with E-state index in [2.05, 4.69) is 91.0 Å². The van der Waals surface area contributed by atoms with Crippen LogP contribution in [0.25, 0.3) is 10.9 Å². The molecular weight excluding hydrogens is 442 g/mol. The minimum absolute atomic E-state index is 0.206. The third-order valence-corrected chi connectivity index (χ3v) is 7.78. The van der Waals surface area contributed by atoms with E-state index < -0.39 is 0 Å². The fraction of sp³-hybridized carbons (Fsp3) is 0.0690. The van der Waals surface area contributed by atoms with Gasteiger partial charge in [-0.3, -0.25) is 0 Å². The van der Waals surface area contributed by atoms with E-state index in [1.165, 1.54) is 15.4 Å². The van der Waals surface area contributed by atoms with Gasteiger partial charge in [-0.1, -0.05) is 72.8 Å². The Labute approximate surface area is 203 Å². The molecule has 162 valence electrons. The van der Waals surface area contributed by atoms with Crippen LogP contribution in [0.15, 0.2) is 131 Å². The summed E-state index contributed by atoms with van der Waals surface area (Å²) >= 11 is 3.71. The van der Waals surface area contributed by atoms with Crippen molar-refractivity contribution < 1.29 is 4.74 Å². The number of hydrogen-bond acceptors (Lipinski definition) is 4. The topological polar surface area (TPSA) is 22.1 Å². The van der Waals surface area contributed by atoms with Gasteiger partial charge in [0.1, 0.15) is 12.4 Å². The summed E-state index contributed by atoms with van der Waals surface area (Å²) in [5.74, 6) is 0.856. The second kappa shape index (κ2) is 10.6. The first-order chi connectivity index (χ1) is 16.3. The van der Waals surface area contributed by atoms with Crippen LogP contribution in [0.2, 0.25) is 0 Å². The van der Waals surface area contributed by atoms with E-state index >= 15 is 0 Å². The van der Waals surface area contributed by atoms with Crippen LogP contribution in [0, 0.1) is 0 Å². The second-order valence-electron chi connectivity index (χ2n) is 7.55. The van der Waals surface area contributed by atoms with E-state index in [0.717, 1.165) is 22.3 Å². The Hall–Kier alpha value is -3.21. The van der Waals surface area contributed by atoms with Gasteiger partial charge in [-0.15, -0.1) is 23.5 Å². The molecule has 4 heteroatoms. The minimum Gasteiger partial charge on any atom is -0.487 e. The summed E-state index contributed by atoms with van der Waals surface area (Å²) in [7, 11) is 0. The SMILES string of the molecule is c1ccc(SC(Sc2ccccc2)c2cccc(OCc3ccc4ccccc4n3)c2)cc1. The van der Waals surface area contributed by atoms with Crippen molar-refractivity contribution in [1.82, 2.24) is 4.98 Å². The van der Waals surface area contributed by atoms with Crippen LogP contribution < -0.4 is 4.74 Å². The molecule has 0 saturated heterocycles. The third kappa shape index (κ3) is 5.78. The molecule has 0 atom stereocenters. The Morgan fingerprint density at radius 1 is 0.636 bits per heavy atom. The van der Waals surface area contributed by atoms with Crippen molar-refractivity contribution in [2.75, 3.05) is 0 Å². The zero-order chi connectivity index (χ0) is 22.3. The molecule has 0 aliphatic heterocycles. The Bertz CT molecular complexity index is 1280. The number of thioether (sulfide) groups is 2. The van der Waals surface area contributed by atoms with Crippen molar-refractivity contribution in [1.29, 1.82) is 0 Å². The van der Waals surface area contributed by atoms with Crippen LogP contribution in [0.3, 0.4) is 0 Å². The quantitative estimate of drug-likeness (QED) is 0.169. The molecule has 0 unspecified atom stereocenters. The van der Waals surface area contributed by atoms with Gasteiger partial charge in [0.2, 0.25) is 0 Å². The number of hydrogen-bond donors (Lipinski definition) is 0. The van der Waals surface area contributed by atoms with Crippen molar-refractivity contribution >= 4 is 34.4 Å². The van der Waals surface area contributed by atoms with Crippen molar-refractivity contribution in [3.8, 4) is 5.75 Å². The molecule has 0 radical (unpaired) electrons. The van der Waals surface area contributed by atoms with Crippen molar-refractivity contribution in [2.45, 2.75) is 21.0 Å². The first-order valence-electron chi connectivity index (χ1n) is 10.8. The summed E-state index contributed by atoms with van der Waals surface area (Å²) in [5, 5.41) is 1.14. The smallest absolute Gasteiger partial charge is 0.130 e. The summed E-state index contributed by atoms with van der Waals surface area (Å²) < 4.78 is 6.36. The molecular formula is C29H23NOS2. The molecule has 0 bridgehead atoms. The predicted molar refractivity (Wildman–Crippen MR) is 140 cm³/mol. The molecule has 0 fully saturated rings. The zero-order valence-electron chi connectivity index (χ0n) is 18.0. The summed E-state index contributed by atoms with van der Waals surface area (Å²) in [6.07, 6.45) is 0. The van der Waals surface area contributed by atoms with Crippen LogP contribution in [0.1, 0.15) is 15.8 Å². The lowest BCUT2D eigenvalue weighted by molar-refractivity contribution is 0.301. The van der Waals surface area contributed by atoms with Gasteiger partial charge in [0.05, 0.1) is 15.8 Å². The molecule has 0 saturated carbocycles. The molecule has 1 aromatic heterocycles. The Balaban J connectivity index is 1.35. The zero-order valence-corrected chi connectivity index (χ0v) is 19.6. The maximum atomic E-state index is 6.15. The van der Waals surface area contributed by atoms with Crippen molar-refractivity contribution in [3.05, 3.63) is 133 Å². The number of benzene rings is 4. The summed E-state index contributed by atoms with van der Waals surface area (Å²) in [4.78, 5) is 7.22. The van der Waals surface area contributed by atoms with Gasteiger partial charge in [0, 0.05) is 15.2 Å². The molecule has 1 heterocycles. The van der Waals surface area contributed by atoms with E-state index in [-0.39, 0.29) is 4.58 Å². The average Bonchev–Trinajstić information content (AvgIpc) is 2.88. The highest BCUT2D eigenvalue weighted by Gasteiger charge is 2.16. The van der Waals surface area contributed by atoms with Crippen LogP contribution in [0.4, 0.5) is 0 Å². The van der Waals surface area contributed by atoms with Gasteiger partial charge in [0.15, 0.2) is 0 Å². The Morgan fingerprint density at radius 3 is 2.03 bits per heavy atom. The van der Waals surface area contributed by atoms with Gasteiger partial charge in [-0.25, -0.2) is 4.98 Å². The second-order valence-corrected chi connectivity index (χ2v) is 10.2. The molecule has 0 aliphatic carbocycles. The van der Waals surface area contributed by atoms with E-state index in [9.17, 15) is 0 Å². The maximum Gasteiger partial charge on any atom is 0.130 e. The van der Waals surface area contributed by atoms with Crippen LogP contribution in [-0.2, 0) is 6.61 Å². The molecule has 5 rings (SSSR count). The third-order valence-electron chi connectivity index (χ3n) is 5.15. The number of rotatable bonds is 8. The molecule has 33 heavy (non-hydrogen) atoms. The van der Waals surface area contributed by atoms with Crippen molar-refractivity contribution in [2.24, 2.45) is 0 Å². The standard InChI is InChI=1S/C29H23NOS2/c1-3-13-26(14-4-1)32-29(33-27-15-5-2-6-16-27)23-11-9-12-25(20-23)31-21-24-19-18-22-10-7-8-17-28(22)30-24/h1-20,29H,21H2. The summed E-state index contributed by atoms with van der Waals surface area (Å²) in [5.41, 5.74) is 3.14.